The van der Waals surface area contributed by atoms with E-state index in [2.05, 4.69) is 60.4 Å². The van der Waals surface area contributed by atoms with Gasteiger partial charge in [-0.3, -0.25) is 4.90 Å². The average molecular weight is 289 g/mol. The smallest absolute Gasteiger partial charge is 0.0394 e. The Morgan fingerprint density at radius 1 is 0.909 bits per heavy atom. The highest BCUT2D eigenvalue weighted by atomic mass is 15.2. The third-order valence-corrected chi connectivity index (χ3v) is 6.07. The maximum atomic E-state index is 2.82. The molecule has 2 aliphatic carbocycles. The minimum Gasteiger partial charge on any atom is -0.292 e. The summed E-state index contributed by atoms with van der Waals surface area (Å²) in [5.41, 5.74) is 6.31. The lowest BCUT2D eigenvalue weighted by molar-refractivity contribution is 0.115. The Labute approximate surface area is 133 Å². The summed E-state index contributed by atoms with van der Waals surface area (Å²) >= 11 is 0. The summed E-state index contributed by atoms with van der Waals surface area (Å²) in [6.07, 6.45) is 4.06. The fraction of sp³-hybridized carbons (Fsp3) is 0.429. The highest BCUT2D eigenvalue weighted by molar-refractivity contribution is 5.50. The van der Waals surface area contributed by atoms with E-state index in [0.717, 1.165) is 5.92 Å². The second-order valence-corrected chi connectivity index (χ2v) is 7.41. The average Bonchev–Trinajstić information content (AvgIpc) is 3.37. The molecule has 0 aromatic heterocycles. The zero-order chi connectivity index (χ0) is 14.7. The third-order valence-electron chi connectivity index (χ3n) is 6.07. The largest absolute Gasteiger partial charge is 0.292 e. The summed E-state index contributed by atoms with van der Waals surface area (Å²) in [6, 6.07) is 19.6. The van der Waals surface area contributed by atoms with Crippen LogP contribution in [-0.4, -0.2) is 17.5 Å². The minimum atomic E-state index is 0.546. The molecular formula is C21H23N. The summed E-state index contributed by atoms with van der Waals surface area (Å²) in [5, 5.41) is 0. The normalized spacial score (nSPS) is 29.8. The van der Waals surface area contributed by atoms with Crippen LogP contribution in [0.15, 0.2) is 48.5 Å². The molecule has 2 heterocycles. The summed E-state index contributed by atoms with van der Waals surface area (Å²) in [5.74, 6) is 1.50. The van der Waals surface area contributed by atoms with Crippen molar-refractivity contribution >= 4 is 0 Å². The van der Waals surface area contributed by atoms with E-state index >= 15 is 0 Å². The van der Waals surface area contributed by atoms with Crippen molar-refractivity contribution < 1.29 is 0 Å². The van der Waals surface area contributed by atoms with E-state index in [-0.39, 0.29) is 0 Å². The Bertz CT molecular complexity index is 715. The molecule has 2 bridgehead atoms. The molecule has 0 spiro atoms. The molecule has 22 heavy (non-hydrogen) atoms. The van der Waals surface area contributed by atoms with Gasteiger partial charge in [-0.25, -0.2) is 0 Å². The van der Waals surface area contributed by atoms with Gasteiger partial charge in [0.15, 0.2) is 0 Å². The van der Waals surface area contributed by atoms with E-state index in [1.54, 1.807) is 22.3 Å². The number of hydrogen-bond donors (Lipinski definition) is 0. The van der Waals surface area contributed by atoms with Crippen molar-refractivity contribution in [3.63, 3.8) is 0 Å². The Hall–Kier alpha value is -1.60. The highest BCUT2D eigenvalue weighted by Crippen LogP contribution is 2.50. The van der Waals surface area contributed by atoms with Crippen molar-refractivity contribution in [2.24, 2.45) is 5.92 Å². The van der Waals surface area contributed by atoms with Crippen LogP contribution in [0.3, 0.4) is 0 Å². The van der Waals surface area contributed by atoms with Crippen LogP contribution >= 0.6 is 0 Å². The summed E-state index contributed by atoms with van der Waals surface area (Å²) in [6.45, 7) is 3.75. The first-order valence-corrected chi connectivity index (χ1v) is 8.75. The molecule has 1 heteroatoms. The van der Waals surface area contributed by atoms with Crippen LogP contribution in [0, 0.1) is 5.92 Å². The Morgan fingerprint density at radius 3 is 2.36 bits per heavy atom. The molecule has 0 N–H and O–H groups in total. The number of nitrogens with zero attached hydrogens (tertiary/aromatic N) is 1. The van der Waals surface area contributed by atoms with Gasteiger partial charge in [0.25, 0.3) is 0 Å². The van der Waals surface area contributed by atoms with Crippen molar-refractivity contribution in [1.29, 1.82) is 0 Å². The topological polar surface area (TPSA) is 3.24 Å². The molecule has 0 saturated heterocycles. The molecule has 4 aliphatic rings. The van der Waals surface area contributed by atoms with Crippen molar-refractivity contribution in [3.05, 3.63) is 70.8 Å². The first-order valence-electron chi connectivity index (χ1n) is 8.75. The second-order valence-electron chi connectivity index (χ2n) is 7.41. The first-order chi connectivity index (χ1) is 10.8. The monoisotopic (exact) mass is 289 g/mol. The van der Waals surface area contributed by atoms with Crippen molar-refractivity contribution in [3.8, 4) is 0 Å². The number of rotatable bonds is 2. The standard InChI is InChI=1S/C21H23N/c1-14-21-17-7-3-2-6-16(17)12-20(22(14)13-15-10-11-15)18-8-4-5-9-19(18)21/h2-9,14-15,20-21H,10-13H2,1H3/t14-,20+,21+/m1/s1. The lowest BCUT2D eigenvalue weighted by atomic mass is 9.79. The van der Waals surface area contributed by atoms with E-state index in [9.17, 15) is 0 Å². The molecule has 0 unspecified atom stereocenters. The molecule has 0 amide bonds. The predicted molar refractivity (Wildman–Crippen MR) is 90.1 cm³/mol. The lowest BCUT2D eigenvalue weighted by Gasteiger charge is -2.44. The van der Waals surface area contributed by atoms with Crippen LogP contribution in [0.25, 0.3) is 0 Å². The Morgan fingerprint density at radius 2 is 1.59 bits per heavy atom. The quantitative estimate of drug-likeness (QED) is 0.785. The number of hydrogen-bond acceptors (Lipinski definition) is 1. The summed E-state index contributed by atoms with van der Waals surface area (Å²) < 4.78 is 0. The van der Waals surface area contributed by atoms with Crippen LogP contribution < -0.4 is 0 Å². The zero-order valence-corrected chi connectivity index (χ0v) is 13.2. The molecule has 1 fully saturated rings. The van der Waals surface area contributed by atoms with Gasteiger partial charge >= 0.3 is 0 Å². The fourth-order valence-corrected chi connectivity index (χ4v) is 4.79. The maximum absolute atomic E-state index is 2.82. The highest BCUT2D eigenvalue weighted by Gasteiger charge is 2.44. The van der Waals surface area contributed by atoms with Crippen LogP contribution in [0.5, 0.6) is 0 Å². The van der Waals surface area contributed by atoms with Gasteiger partial charge in [0.2, 0.25) is 0 Å². The summed E-state index contributed by atoms with van der Waals surface area (Å²) in [4.78, 5) is 2.82. The molecule has 112 valence electrons. The van der Waals surface area contributed by atoms with Crippen molar-refractivity contribution in [2.75, 3.05) is 6.54 Å². The number of fused-ring (bicyclic) bond motifs is 1. The van der Waals surface area contributed by atoms with E-state index in [4.69, 9.17) is 0 Å². The lowest BCUT2D eigenvalue weighted by Crippen LogP contribution is -2.44. The molecule has 0 radical (unpaired) electrons. The van der Waals surface area contributed by atoms with E-state index in [0.29, 0.717) is 18.0 Å². The van der Waals surface area contributed by atoms with Gasteiger partial charge in [0, 0.05) is 24.5 Å². The van der Waals surface area contributed by atoms with E-state index in [1.807, 2.05) is 0 Å². The molecule has 2 aromatic rings. The van der Waals surface area contributed by atoms with E-state index in [1.165, 1.54) is 25.8 Å². The molecule has 3 atom stereocenters. The van der Waals surface area contributed by atoms with Gasteiger partial charge in [-0.05, 0) is 54.4 Å². The van der Waals surface area contributed by atoms with Gasteiger partial charge in [0.05, 0.1) is 0 Å². The molecule has 1 nitrogen and oxygen atoms in total. The minimum absolute atomic E-state index is 0.546. The van der Waals surface area contributed by atoms with Crippen LogP contribution in [-0.2, 0) is 6.42 Å². The Balaban J connectivity index is 1.71. The van der Waals surface area contributed by atoms with Crippen molar-refractivity contribution in [1.82, 2.24) is 4.90 Å². The SMILES string of the molecule is C[C@@H]1[C@H]2c3ccccc3C[C@@H](c3ccccc32)N1CC1CC1. The molecular weight excluding hydrogens is 266 g/mol. The third kappa shape index (κ3) is 1.82. The second kappa shape index (κ2) is 4.70. The fourth-order valence-electron chi connectivity index (χ4n) is 4.79. The van der Waals surface area contributed by atoms with Crippen molar-refractivity contribution in [2.45, 2.75) is 44.2 Å². The maximum Gasteiger partial charge on any atom is 0.0394 e. The van der Waals surface area contributed by atoms with Gasteiger partial charge in [-0.15, -0.1) is 0 Å². The van der Waals surface area contributed by atoms with E-state index < -0.39 is 0 Å². The van der Waals surface area contributed by atoms with Crippen LogP contribution in [0.2, 0.25) is 0 Å². The zero-order valence-electron chi connectivity index (χ0n) is 13.2. The van der Waals surface area contributed by atoms with Gasteiger partial charge in [-0.2, -0.15) is 0 Å². The van der Waals surface area contributed by atoms with Gasteiger partial charge in [0.1, 0.15) is 0 Å². The Kier molecular flexibility index (Phi) is 2.75. The molecule has 2 aromatic carbocycles. The van der Waals surface area contributed by atoms with Crippen LogP contribution in [0.4, 0.5) is 0 Å². The van der Waals surface area contributed by atoms with Crippen LogP contribution in [0.1, 0.15) is 54.0 Å². The predicted octanol–water partition coefficient (Wildman–Crippen LogP) is 4.53. The van der Waals surface area contributed by atoms with Gasteiger partial charge < -0.3 is 0 Å². The molecule has 6 rings (SSSR count). The first kappa shape index (κ1) is 12.9. The molecule has 1 saturated carbocycles. The summed E-state index contributed by atoms with van der Waals surface area (Å²) in [7, 11) is 0. The molecule has 2 aliphatic heterocycles. The van der Waals surface area contributed by atoms with Gasteiger partial charge in [-0.1, -0.05) is 48.5 Å². The number of benzene rings is 2.